The van der Waals surface area contributed by atoms with Crippen molar-refractivity contribution in [2.45, 2.75) is 50.7 Å². The molecule has 3 N–H and O–H groups in total. The second kappa shape index (κ2) is 9.21. The van der Waals surface area contributed by atoms with Crippen LogP contribution in [-0.2, 0) is 14.4 Å². The van der Waals surface area contributed by atoms with Crippen molar-refractivity contribution in [2.75, 3.05) is 18.4 Å². The van der Waals surface area contributed by atoms with Crippen molar-refractivity contribution in [3.05, 3.63) is 30.3 Å². The van der Waals surface area contributed by atoms with Crippen LogP contribution in [0.4, 0.5) is 5.69 Å². The number of carboxylic acids is 1. The minimum Gasteiger partial charge on any atom is -0.480 e. The molecule has 2 heterocycles. The zero-order chi connectivity index (χ0) is 21.0. The minimum absolute atomic E-state index is 0.218. The third-order valence-corrected chi connectivity index (χ3v) is 5.61. The van der Waals surface area contributed by atoms with E-state index in [2.05, 4.69) is 10.6 Å². The molecule has 0 spiro atoms. The van der Waals surface area contributed by atoms with E-state index in [0.29, 0.717) is 43.9 Å². The van der Waals surface area contributed by atoms with Crippen molar-refractivity contribution in [1.82, 2.24) is 15.1 Å². The molecule has 29 heavy (non-hydrogen) atoms. The number of rotatable bonds is 5. The summed E-state index contributed by atoms with van der Waals surface area (Å²) in [5.74, 6) is -1.47. The van der Waals surface area contributed by atoms with Gasteiger partial charge in [0.05, 0.1) is 0 Å². The molecule has 2 aliphatic rings. The Morgan fingerprint density at radius 3 is 2.34 bits per heavy atom. The van der Waals surface area contributed by atoms with Gasteiger partial charge in [-0.2, -0.15) is 0 Å². The Kier molecular flexibility index (Phi) is 6.68. The predicted molar refractivity (Wildman–Crippen MR) is 112 cm³/mol. The lowest BCUT2D eigenvalue weighted by Gasteiger charge is -2.31. The fourth-order valence-electron chi connectivity index (χ4n) is 3.96. The highest BCUT2D eigenvalue weighted by Gasteiger charge is 2.42. The van der Waals surface area contributed by atoms with Gasteiger partial charge in [-0.3, -0.25) is 9.59 Å². The number of anilines is 1. The van der Waals surface area contributed by atoms with Crippen molar-refractivity contribution in [2.24, 2.45) is 0 Å². The molecule has 9 heteroatoms. The molecule has 3 rings (SSSR count). The SMILES string of the molecule is C[C@H](NC(=S)Nc1ccccc1)C(=O)N1CCC[C@H]1C(=O)N1CCC[C@H]1C(=O)O. The second-order valence-corrected chi connectivity index (χ2v) is 7.81. The first kappa shape index (κ1) is 21.0. The number of carbonyl (C=O) groups is 3. The number of carbonyl (C=O) groups excluding carboxylic acids is 2. The van der Waals surface area contributed by atoms with E-state index in [1.165, 1.54) is 4.90 Å². The predicted octanol–water partition coefficient (Wildman–Crippen LogP) is 1.43. The molecule has 1 aromatic carbocycles. The van der Waals surface area contributed by atoms with Gasteiger partial charge in [-0.15, -0.1) is 0 Å². The summed E-state index contributed by atoms with van der Waals surface area (Å²) in [6.07, 6.45) is 2.39. The average molecular weight is 419 g/mol. The molecular formula is C20H26N4O4S. The summed E-state index contributed by atoms with van der Waals surface area (Å²) in [6.45, 7) is 2.61. The van der Waals surface area contributed by atoms with E-state index in [9.17, 15) is 19.5 Å². The van der Waals surface area contributed by atoms with E-state index >= 15 is 0 Å². The Bertz CT molecular complexity index is 788. The maximum Gasteiger partial charge on any atom is 0.326 e. The molecule has 2 aliphatic heterocycles. The number of para-hydroxylation sites is 1. The molecule has 156 valence electrons. The van der Waals surface area contributed by atoms with E-state index in [-0.39, 0.29) is 11.8 Å². The van der Waals surface area contributed by atoms with E-state index < -0.39 is 24.1 Å². The topological polar surface area (TPSA) is 102 Å². The summed E-state index contributed by atoms with van der Waals surface area (Å²) in [6, 6.07) is 7.37. The van der Waals surface area contributed by atoms with Crippen LogP contribution in [0.2, 0.25) is 0 Å². The van der Waals surface area contributed by atoms with Crippen LogP contribution in [0.15, 0.2) is 30.3 Å². The smallest absolute Gasteiger partial charge is 0.326 e. The number of thiocarbonyl (C=S) groups is 1. The third kappa shape index (κ3) is 4.84. The number of aliphatic carboxylic acids is 1. The fraction of sp³-hybridized carbons (Fsp3) is 0.500. The number of carboxylic acid groups (broad SMARTS) is 1. The van der Waals surface area contributed by atoms with Crippen LogP contribution in [0, 0.1) is 0 Å². The normalized spacial score (nSPS) is 22.2. The highest BCUT2D eigenvalue weighted by atomic mass is 32.1. The number of benzene rings is 1. The highest BCUT2D eigenvalue weighted by Crippen LogP contribution is 2.25. The standard InChI is InChI=1S/C20H26N4O4S/c1-13(21-20(29)22-14-7-3-2-4-8-14)17(25)23-11-5-9-15(23)18(26)24-12-6-10-16(24)19(27)28/h2-4,7-8,13,15-16H,5-6,9-12H2,1H3,(H,27,28)(H2,21,22,29)/t13-,15-,16-/m0/s1. The van der Waals surface area contributed by atoms with E-state index in [0.717, 1.165) is 5.69 Å². The van der Waals surface area contributed by atoms with Gasteiger partial charge in [-0.1, -0.05) is 18.2 Å². The first-order chi connectivity index (χ1) is 13.9. The van der Waals surface area contributed by atoms with Gasteiger partial charge in [0.2, 0.25) is 11.8 Å². The Morgan fingerprint density at radius 1 is 1.07 bits per heavy atom. The van der Waals surface area contributed by atoms with Crippen molar-refractivity contribution in [3.8, 4) is 0 Å². The summed E-state index contributed by atoms with van der Waals surface area (Å²) in [5, 5.41) is 15.7. The lowest BCUT2D eigenvalue weighted by atomic mass is 10.1. The molecule has 0 aromatic heterocycles. The Hall–Kier alpha value is -2.68. The Balaban J connectivity index is 1.61. The number of nitrogens with zero attached hydrogens (tertiary/aromatic N) is 2. The summed E-state index contributed by atoms with van der Waals surface area (Å²) < 4.78 is 0. The molecule has 0 unspecified atom stereocenters. The van der Waals surface area contributed by atoms with Gasteiger partial charge >= 0.3 is 5.97 Å². The number of nitrogens with one attached hydrogen (secondary N) is 2. The first-order valence-electron chi connectivity index (χ1n) is 9.85. The third-order valence-electron chi connectivity index (χ3n) is 5.39. The fourth-order valence-corrected chi connectivity index (χ4v) is 4.26. The van der Waals surface area contributed by atoms with Crippen LogP contribution in [0.1, 0.15) is 32.6 Å². The Labute approximate surface area is 175 Å². The molecule has 8 nitrogen and oxygen atoms in total. The van der Waals surface area contributed by atoms with E-state index in [1.54, 1.807) is 11.8 Å². The minimum atomic E-state index is -0.987. The highest BCUT2D eigenvalue weighted by molar-refractivity contribution is 7.80. The molecule has 2 fully saturated rings. The van der Waals surface area contributed by atoms with Crippen LogP contribution in [0.5, 0.6) is 0 Å². The quantitative estimate of drug-likeness (QED) is 0.622. The summed E-state index contributed by atoms with van der Waals surface area (Å²) in [4.78, 5) is 40.3. The maximum atomic E-state index is 13.0. The van der Waals surface area contributed by atoms with Gasteiger partial charge in [0.25, 0.3) is 0 Å². The van der Waals surface area contributed by atoms with E-state index in [4.69, 9.17) is 12.2 Å². The molecule has 3 atom stereocenters. The van der Waals surface area contributed by atoms with Crippen molar-refractivity contribution in [1.29, 1.82) is 0 Å². The number of hydrogen-bond donors (Lipinski definition) is 3. The second-order valence-electron chi connectivity index (χ2n) is 7.40. The lowest BCUT2D eigenvalue weighted by molar-refractivity contribution is -0.152. The summed E-state index contributed by atoms with van der Waals surface area (Å²) in [7, 11) is 0. The van der Waals surface area contributed by atoms with Gasteiger partial charge in [0, 0.05) is 18.8 Å². The van der Waals surface area contributed by atoms with Crippen molar-refractivity contribution >= 4 is 40.8 Å². The zero-order valence-electron chi connectivity index (χ0n) is 16.3. The molecule has 2 amide bonds. The van der Waals surface area contributed by atoms with Crippen molar-refractivity contribution in [3.63, 3.8) is 0 Å². The van der Waals surface area contributed by atoms with E-state index in [1.807, 2.05) is 30.3 Å². The first-order valence-corrected chi connectivity index (χ1v) is 10.3. The lowest BCUT2D eigenvalue weighted by Crippen LogP contribution is -2.55. The monoisotopic (exact) mass is 418 g/mol. The van der Waals surface area contributed by atoms with Crippen LogP contribution < -0.4 is 10.6 Å². The maximum absolute atomic E-state index is 13.0. The summed E-state index contributed by atoms with van der Waals surface area (Å²) in [5.41, 5.74) is 0.813. The van der Waals surface area contributed by atoms with Crippen LogP contribution in [-0.4, -0.2) is 69.0 Å². The number of hydrogen-bond acceptors (Lipinski definition) is 4. The average Bonchev–Trinajstić information content (AvgIpc) is 3.37. The number of likely N-dealkylation sites (tertiary alicyclic amines) is 2. The van der Waals surface area contributed by atoms with Crippen LogP contribution >= 0.6 is 12.2 Å². The molecule has 1 aromatic rings. The van der Waals surface area contributed by atoms with Gasteiger partial charge in [-0.25, -0.2) is 4.79 Å². The molecular weight excluding hydrogens is 392 g/mol. The molecule has 0 aliphatic carbocycles. The van der Waals surface area contributed by atoms with Gasteiger partial charge in [0.1, 0.15) is 18.1 Å². The largest absolute Gasteiger partial charge is 0.480 e. The Morgan fingerprint density at radius 2 is 1.69 bits per heavy atom. The summed E-state index contributed by atoms with van der Waals surface area (Å²) >= 11 is 5.29. The van der Waals surface area contributed by atoms with Gasteiger partial charge in [-0.05, 0) is 57.0 Å². The van der Waals surface area contributed by atoms with Crippen molar-refractivity contribution < 1.29 is 19.5 Å². The molecule has 0 bridgehead atoms. The van der Waals surface area contributed by atoms with Gasteiger partial charge < -0.3 is 25.5 Å². The zero-order valence-corrected chi connectivity index (χ0v) is 17.2. The number of amides is 2. The van der Waals surface area contributed by atoms with Crippen LogP contribution in [0.3, 0.4) is 0 Å². The molecule has 0 radical (unpaired) electrons. The van der Waals surface area contributed by atoms with Crippen LogP contribution in [0.25, 0.3) is 0 Å². The molecule has 2 saturated heterocycles. The molecule has 0 saturated carbocycles. The van der Waals surface area contributed by atoms with Gasteiger partial charge in [0.15, 0.2) is 5.11 Å².